The molecule has 2 heteroatoms. The van der Waals surface area contributed by atoms with Crippen molar-refractivity contribution in [2.45, 2.75) is 25.7 Å². The third kappa shape index (κ3) is 1.88. The summed E-state index contributed by atoms with van der Waals surface area (Å²) in [6.45, 7) is 0.838. The lowest BCUT2D eigenvalue weighted by Crippen LogP contribution is -2.08. The molecule has 1 aliphatic heterocycles. The third-order valence-corrected chi connectivity index (χ3v) is 2.50. The van der Waals surface area contributed by atoms with E-state index in [2.05, 4.69) is 18.2 Å². The first-order valence-electron chi connectivity index (χ1n) is 5.02. The van der Waals surface area contributed by atoms with Crippen LogP contribution in [0.15, 0.2) is 18.2 Å². The zero-order valence-corrected chi connectivity index (χ0v) is 8.12. The van der Waals surface area contributed by atoms with Crippen molar-refractivity contribution in [3.63, 3.8) is 0 Å². The second-order valence-corrected chi connectivity index (χ2v) is 3.55. The van der Waals surface area contributed by atoms with Crippen LogP contribution in [0.3, 0.4) is 0 Å². The lowest BCUT2D eigenvalue weighted by molar-refractivity contribution is 0.288. The van der Waals surface area contributed by atoms with Gasteiger partial charge in [0.2, 0.25) is 0 Å². The SMILES string of the molecule is N#CCCc1ccc2c(c1)CCCO2. The molecule has 1 aromatic carbocycles. The first-order valence-corrected chi connectivity index (χ1v) is 5.02. The molecule has 0 spiro atoms. The molecule has 1 aromatic rings. The van der Waals surface area contributed by atoms with Gasteiger partial charge in [0.25, 0.3) is 0 Å². The lowest BCUT2D eigenvalue weighted by Gasteiger charge is -2.17. The highest BCUT2D eigenvalue weighted by Gasteiger charge is 2.09. The van der Waals surface area contributed by atoms with E-state index in [0.717, 1.165) is 31.6 Å². The molecule has 2 nitrogen and oxygen atoms in total. The van der Waals surface area contributed by atoms with E-state index in [0.29, 0.717) is 6.42 Å². The van der Waals surface area contributed by atoms with Crippen molar-refractivity contribution in [2.24, 2.45) is 0 Å². The van der Waals surface area contributed by atoms with Gasteiger partial charge >= 0.3 is 0 Å². The van der Waals surface area contributed by atoms with Crippen molar-refractivity contribution in [2.75, 3.05) is 6.61 Å². The molecule has 1 heterocycles. The second kappa shape index (κ2) is 4.15. The number of aryl methyl sites for hydroxylation is 2. The largest absolute Gasteiger partial charge is 0.493 e. The van der Waals surface area contributed by atoms with Gasteiger partial charge < -0.3 is 4.74 Å². The number of rotatable bonds is 2. The van der Waals surface area contributed by atoms with Gasteiger partial charge in [0, 0.05) is 6.42 Å². The number of hydrogen-bond acceptors (Lipinski definition) is 2. The average molecular weight is 187 g/mol. The van der Waals surface area contributed by atoms with Crippen LogP contribution in [0.4, 0.5) is 0 Å². The summed E-state index contributed by atoms with van der Waals surface area (Å²) >= 11 is 0. The summed E-state index contributed by atoms with van der Waals surface area (Å²) in [5.41, 5.74) is 2.54. The lowest BCUT2D eigenvalue weighted by atomic mass is 10.0. The number of nitrogens with zero attached hydrogens (tertiary/aromatic N) is 1. The molecular weight excluding hydrogens is 174 g/mol. The predicted molar refractivity (Wildman–Crippen MR) is 54.2 cm³/mol. The Morgan fingerprint density at radius 2 is 2.36 bits per heavy atom. The van der Waals surface area contributed by atoms with Crippen molar-refractivity contribution in [3.05, 3.63) is 29.3 Å². The van der Waals surface area contributed by atoms with Crippen LogP contribution < -0.4 is 4.74 Å². The van der Waals surface area contributed by atoms with Gasteiger partial charge in [-0.3, -0.25) is 0 Å². The van der Waals surface area contributed by atoms with E-state index >= 15 is 0 Å². The summed E-state index contributed by atoms with van der Waals surface area (Å²) in [7, 11) is 0. The van der Waals surface area contributed by atoms with Gasteiger partial charge in [-0.15, -0.1) is 0 Å². The molecule has 1 aliphatic rings. The van der Waals surface area contributed by atoms with E-state index in [1.165, 1.54) is 11.1 Å². The van der Waals surface area contributed by atoms with E-state index in [4.69, 9.17) is 10.00 Å². The van der Waals surface area contributed by atoms with Crippen molar-refractivity contribution in [3.8, 4) is 11.8 Å². The van der Waals surface area contributed by atoms with E-state index < -0.39 is 0 Å². The fourth-order valence-electron chi connectivity index (χ4n) is 1.77. The number of benzene rings is 1. The van der Waals surface area contributed by atoms with Crippen LogP contribution in [0.1, 0.15) is 24.0 Å². The molecule has 72 valence electrons. The molecule has 0 amide bonds. The molecule has 0 N–H and O–H groups in total. The van der Waals surface area contributed by atoms with Gasteiger partial charge in [-0.05, 0) is 36.5 Å². The van der Waals surface area contributed by atoms with Crippen LogP contribution >= 0.6 is 0 Å². The van der Waals surface area contributed by atoms with E-state index in [-0.39, 0.29) is 0 Å². The number of fused-ring (bicyclic) bond motifs is 1. The molecule has 0 unspecified atom stereocenters. The van der Waals surface area contributed by atoms with Crippen molar-refractivity contribution < 1.29 is 4.74 Å². The standard InChI is InChI=1S/C12H13NO/c13-7-1-3-10-5-6-12-11(9-10)4-2-8-14-12/h5-6,9H,1-4,8H2. The highest BCUT2D eigenvalue weighted by molar-refractivity contribution is 5.38. The maximum Gasteiger partial charge on any atom is 0.122 e. The molecule has 0 saturated heterocycles. The molecule has 0 aliphatic carbocycles. The number of ether oxygens (including phenoxy) is 1. The van der Waals surface area contributed by atoms with Gasteiger partial charge in [0.05, 0.1) is 12.7 Å². The molecule has 0 saturated carbocycles. The first-order chi connectivity index (χ1) is 6.90. The van der Waals surface area contributed by atoms with Crippen LogP contribution in [-0.4, -0.2) is 6.61 Å². The topological polar surface area (TPSA) is 33.0 Å². The minimum absolute atomic E-state index is 0.597. The highest BCUT2D eigenvalue weighted by atomic mass is 16.5. The van der Waals surface area contributed by atoms with Crippen LogP contribution in [0.25, 0.3) is 0 Å². The number of nitriles is 1. The fourth-order valence-corrected chi connectivity index (χ4v) is 1.77. The Balaban J connectivity index is 2.17. The number of hydrogen-bond donors (Lipinski definition) is 0. The summed E-state index contributed by atoms with van der Waals surface area (Å²) < 4.78 is 5.52. The Hall–Kier alpha value is -1.49. The molecule has 0 aromatic heterocycles. The van der Waals surface area contributed by atoms with Crippen molar-refractivity contribution >= 4 is 0 Å². The summed E-state index contributed by atoms with van der Waals surface area (Å²) in [4.78, 5) is 0. The van der Waals surface area contributed by atoms with E-state index in [1.807, 2.05) is 6.07 Å². The molecular formula is C12H13NO. The van der Waals surface area contributed by atoms with Gasteiger partial charge in [0.15, 0.2) is 0 Å². The monoisotopic (exact) mass is 187 g/mol. The molecule has 2 rings (SSSR count). The van der Waals surface area contributed by atoms with Crippen molar-refractivity contribution in [1.82, 2.24) is 0 Å². The van der Waals surface area contributed by atoms with Crippen LogP contribution in [-0.2, 0) is 12.8 Å². The Labute approximate surface area is 84.1 Å². The smallest absolute Gasteiger partial charge is 0.122 e. The Kier molecular flexibility index (Phi) is 2.69. The Morgan fingerprint density at radius 3 is 3.21 bits per heavy atom. The van der Waals surface area contributed by atoms with Crippen LogP contribution in [0.2, 0.25) is 0 Å². The maximum absolute atomic E-state index is 8.49. The average Bonchev–Trinajstić information content (AvgIpc) is 2.26. The minimum Gasteiger partial charge on any atom is -0.493 e. The van der Waals surface area contributed by atoms with E-state index in [9.17, 15) is 0 Å². The summed E-state index contributed by atoms with van der Waals surface area (Å²) in [5, 5.41) is 8.49. The Morgan fingerprint density at radius 1 is 1.43 bits per heavy atom. The maximum atomic E-state index is 8.49. The van der Waals surface area contributed by atoms with Gasteiger partial charge in [-0.2, -0.15) is 5.26 Å². The van der Waals surface area contributed by atoms with E-state index in [1.54, 1.807) is 0 Å². The summed E-state index contributed by atoms with van der Waals surface area (Å²) in [6, 6.07) is 8.42. The summed E-state index contributed by atoms with van der Waals surface area (Å²) in [5.74, 6) is 1.02. The molecule has 0 radical (unpaired) electrons. The Bertz CT molecular complexity index is 365. The molecule has 14 heavy (non-hydrogen) atoms. The van der Waals surface area contributed by atoms with Gasteiger partial charge in [-0.25, -0.2) is 0 Å². The summed E-state index contributed by atoms with van der Waals surface area (Å²) in [6.07, 6.45) is 3.66. The fraction of sp³-hybridized carbons (Fsp3) is 0.417. The highest BCUT2D eigenvalue weighted by Crippen LogP contribution is 2.25. The molecule has 0 atom stereocenters. The molecule has 0 fully saturated rings. The minimum atomic E-state index is 0.597. The molecule has 0 bridgehead atoms. The van der Waals surface area contributed by atoms with Crippen LogP contribution in [0.5, 0.6) is 5.75 Å². The quantitative estimate of drug-likeness (QED) is 0.712. The zero-order chi connectivity index (χ0) is 9.80. The van der Waals surface area contributed by atoms with Gasteiger partial charge in [-0.1, -0.05) is 12.1 Å². The third-order valence-electron chi connectivity index (χ3n) is 2.50. The van der Waals surface area contributed by atoms with Crippen LogP contribution in [0, 0.1) is 11.3 Å². The predicted octanol–water partition coefficient (Wildman–Crippen LogP) is 2.47. The first kappa shape index (κ1) is 9.08. The van der Waals surface area contributed by atoms with Crippen molar-refractivity contribution in [1.29, 1.82) is 5.26 Å². The second-order valence-electron chi connectivity index (χ2n) is 3.55. The zero-order valence-electron chi connectivity index (χ0n) is 8.12. The normalized spacial score (nSPS) is 13.9. The van der Waals surface area contributed by atoms with Gasteiger partial charge in [0.1, 0.15) is 5.75 Å².